The fourth-order valence-corrected chi connectivity index (χ4v) is 9.32. The molecule has 0 unspecified atom stereocenters. The van der Waals surface area contributed by atoms with Gasteiger partial charge in [-0.1, -0.05) is 58.9 Å². The van der Waals surface area contributed by atoms with Gasteiger partial charge in [0, 0.05) is 12.0 Å². The van der Waals surface area contributed by atoms with Crippen LogP contribution in [0.25, 0.3) is 0 Å². The molecule has 0 heterocycles. The van der Waals surface area contributed by atoms with Gasteiger partial charge in [-0.2, -0.15) is 0 Å². The van der Waals surface area contributed by atoms with Crippen molar-refractivity contribution in [2.75, 3.05) is 6.61 Å². The number of hydrogen-bond acceptors (Lipinski definition) is 3. The van der Waals surface area contributed by atoms with E-state index < -0.39 is 5.60 Å². The summed E-state index contributed by atoms with van der Waals surface area (Å²) in [6, 6.07) is 0. The molecule has 0 aromatic heterocycles. The molecule has 0 spiro atoms. The zero-order valence-electron chi connectivity index (χ0n) is 21.2. The van der Waals surface area contributed by atoms with Crippen LogP contribution in [0.15, 0.2) is 24.3 Å². The van der Waals surface area contributed by atoms with Crippen molar-refractivity contribution in [2.24, 2.45) is 52.3 Å². The fraction of sp³-hybridized carbons (Fsp3) is 0.862. The van der Waals surface area contributed by atoms with Crippen molar-refractivity contribution >= 4 is 0 Å². The van der Waals surface area contributed by atoms with Gasteiger partial charge >= 0.3 is 0 Å². The molecule has 0 radical (unpaired) electrons. The molecule has 0 aromatic carbocycles. The summed E-state index contributed by atoms with van der Waals surface area (Å²) in [5.41, 5.74) is 0.420. The van der Waals surface area contributed by atoms with Gasteiger partial charge in [-0.05, 0) is 98.2 Å². The molecule has 4 rings (SSSR count). The van der Waals surface area contributed by atoms with Crippen LogP contribution in [0.2, 0.25) is 0 Å². The lowest BCUT2D eigenvalue weighted by atomic mass is 9.41. The third-order valence-electron chi connectivity index (χ3n) is 11.3. The number of allylic oxidation sites excluding steroid dienone is 3. The Morgan fingerprint density at radius 2 is 1.75 bits per heavy atom. The largest absolute Gasteiger partial charge is 0.396 e. The van der Waals surface area contributed by atoms with Crippen LogP contribution in [-0.2, 0) is 0 Å². The Morgan fingerprint density at radius 1 is 1.03 bits per heavy atom. The van der Waals surface area contributed by atoms with E-state index in [4.69, 9.17) is 0 Å². The Hall–Kier alpha value is -0.640. The second-order valence-corrected chi connectivity index (χ2v) is 12.8. The predicted octanol–water partition coefficient (Wildman–Crippen LogP) is 5.74. The monoisotopic (exact) mass is 444 g/mol. The van der Waals surface area contributed by atoms with Crippen molar-refractivity contribution in [1.82, 2.24) is 0 Å². The van der Waals surface area contributed by atoms with Crippen LogP contribution >= 0.6 is 0 Å². The van der Waals surface area contributed by atoms with Gasteiger partial charge in [-0.3, -0.25) is 0 Å². The number of aliphatic hydroxyl groups is 3. The Kier molecular flexibility index (Phi) is 6.53. The summed E-state index contributed by atoms with van der Waals surface area (Å²) in [5, 5.41) is 33.8. The fourth-order valence-electron chi connectivity index (χ4n) is 9.32. The van der Waals surface area contributed by atoms with Gasteiger partial charge in [0.15, 0.2) is 0 Å². The van der Waals surface area contributed by atoms with Crippen molar-refractivity contribution in [3.05, 3.63) is 24.3 Å². The molecule has 3 heteroatoms. The van der Waals surface area contributed by atoms with Crippen LogP contribution in [0, 0.1) is 52.3 Å². The van der Waals surface area contributed by atoms with Gasteiger partial charge in [0.2, 0.25) is 0 Å². The lowest BCUT2D eigenvalue weighted by Crippen LogP contribution is -2.66. The molecule has 0 bridgehead atoms. The van der Waals surface area contributed by atoms with E-state index in [0.29, 0.717) is 35.5 Å². The first-order chi connectivity index (χ1) is 15.0. The third kappa shape index (κ3) is 3.48. The van der Waals surface area contributed by atoms with E-state index in [-0.39, 0.29) is 29.5 Å². The molecule has 4 fully saturated rings. The van der Waals surface area contributed by atoms with E-state index in [1.807, 2.05) is 0 Å². The standard InChI is InChI=1S/C29H48O3/c1-18(2)19(3)7-8-20(4)22-9-10-26-28(22,17-30)15-13-25-27(6)14-12-24(31)21(5)23(27)11-16-29(25,26)32/h7-8,18,20-26,30-32H,3,9-17H2,1-2,4-6H3/b8-7+/t20-,21+,22-,23+,24+,25-,26-,27+,28+,29+/m1/s1. The summed E-state index contributed by atoms with van der Waals surface area (Å²) in [6.07, 6.45) is 12.2. The first-order valence-electron chi connectivity index (χ1n) is 13.4. The molecule has 32 heavy (non-hydrogen) atoms. The molecule has 10 atom stereocenters. The molecule has 0 aliphatic heterocycles. The normalized spacial score (nSPS) is 49.5. The van der Waals surface area contributed by atoms with Crippen molar-refractivity contribution in [3.63, 3.8) is 0 Å². The smallest absolute Gasteiger partial charge is 0.0715 e. The second-order valence-electron chi connectivity index (χ2n) is 12.8. The Morgan fingerprint density at radius 3 is 2.41 bits per heavy atom. The molecule has 4 saturated carbocycles. The molecule has 0 amide bonds. The van der Waals surface area contributed by atoms with E-state index in [2.05, 4.69) is 53.3 Å². The maximum absolute atomic E-state index is 12.4. The van der Waals surface area contributed by atoms with E-state index >= 15 is 0 Å². The lowest BCUT2D eigenvalue weighted by molar-refractivity contribution is -0.242. The van der Waals surface area contributed by atoms with Crippen molar-refractivity contribution in [1.29, 1.82) is 0 Å². The van der Waals surface area contributed by atoms with Crippen LogP contribution in [-0.4, -0.2) is 33.6 Å². The summed E-state index contributed by atoms with van der Waals surface area (Å²) in [7, 11) is 0. The highest BCUT2D eigenvalue weighted by Gasteiger charge is 2.68. The molecule has 3 N–H and O–H groups in total. The first kappa shape index (κ1) is 24.5. The molecule has 182 valence electrons. The Bertz CT molecular complexity index is 743. The van der Waals surface area contributed by atoms with E-state index in [1.54, 1.807) is 0 Å². The van der Waals surface area contributed by atoms with Crippen LogP contribution in [0.4, 0.5) is 0 Å². The molecule has 3 nitrogen and oxygen atoms in total. The van der Waals surface area contributed by atoms with Crippen molar-refractivity contribution in [2.45, 2.75) is 97.7 Å². The van der Waals surface area contributed by atoms with Crippen LogP contribution in [0.3, 0.4) is 0 Å². The quantitative estimate of drug-likeness (QED) is 0.474. The molecule has 4 aliphatic rings. The lowest BCUT2D eigenvalue weighted by Gasteiger charge is -2.66. The minimum atomic E-state index is -0.673. The zero-order valence-corrected chi connectivity index (χ0v) is 21.2. The van der Waals surface area contributed by atoms with Gasteiger partial charge in [0.05, 0.1) is 11.7 Å². The summed E-state index contributed by atoms with van der Waals surface area (Å²) in [5.74, 6) is 2.53. The number of rotatable bonds is 5. The Labute approximate surface area is 196 Å². The molecular weight excluding hydrogens is 396 g/mol. The number of aliphatic hydroxyl groups excluding tert-OH is 2. The predicted molar refractivity (Wildman–Crippen MR) is 131 cm³/mol. The van der Waals surface area contributed by atoms with Gasteiger partial charge < -0.3 is 15.3 Å². The average molecular weight is 445 g/mol. The minimum absolute atomic E-state index is 0.103. The van der Waals surface area contributed by atoms with Gasteiger partial charge in [0.25, 0.3) is 0 Å². The highest BCUT2D eigenvalue weighted by atomic mass is 16.3. The van der Waals surface area contributed by atoms with Gasteiger partial charge in [-0.15, -0.1) is 0 Å². The topological polar surface area (TPSA) is 60.7 Å². The maximum atomic E-state index is 12.4. The van der Waals surface area contributed by atoms with Crippen LogP contribution in [0.5, 0.6) is 0 Å². The molecular formula is C29H48O3. The van der Waals surface area contributed by atoms with Gasteiger partial charge in [0.1, 0.15) is 0 Å². The van der Waals surface area contributed by atoms with Crippen LogP contribution in [0.1, 0.15) is 86.0 Å². The summed E-state index contributed by atoms with van der Waals surface area (Å²) >= 11 is 0. The van der Waals surface area contributed by atoms with Crippen molar-refractivity contribution in [3.8, 4) is 0 Å². The maximum Gasteiger partial charge on any atom is 0.0715 e. The highest BCUT2D eigenvalue weighted by Crippen LogP contribution is 2.70. The summed E-state index contributed by atoms with van der Waals surface area (Å²) in [4.78, 5) is 0. The third-order valence-corrected chi connectivity index (χ3v) is 11.3. The van der Waals surface area contributed by atoms with E-state index in [9.17, 15) is 15.3 Å². The molecule has 0 aromatic rings. The minimum Gasteiger partial charge on any atom is -0.396 e. The van der Waals surface area contributed by atoms with Gasteiger partial charge in [-0.25, -0.2) is 0 Å². The average Bonchev–Trinajstić information content (AvgIpc) is 3.15. The first-order valence-corrected chi connectivity index (χ1v) is 13.4. The summed E-state index contributed by atoms with van der Waals surface area (Å²) < 4.78 is 0. The number of hydrogen-bond donors (Lipinski definition) is 3. The Balaban J connectivity index is 1.61. The highest BCUT2D eigenvalue weighted by molar-refractivity contribution is 5.21. The van der Waals surface area contributed by atoms with Crippen LogP contribution < -0.4 is 0 Å². The zero-order chi connectivity index (χ0) is 23.5. The van der Waals surface area contributed by atoms with E-state index in [0.717, 1.165) is 56.9 Å². The second kappa shape index (κ2) is 8.54. The molecule has 4 aliphatic carbocycles. The van der Waals surface area contributed by atoms with E-state index in [1.165, 1.54) is 0 Å². The summed E-state index contributed by atoms with van der Waals surface area (Å²) in [6.45, 7) is 15.7. The molecule has 0 saturated heterocycles. The number of fused-ring (bicyclic) bond motifs is 5. The SMILES string of the molecule is C=C(/C=C/[C@@H](C)[C@H]1CC[C@H]2[C@]3(O)CC[C@H]4[C@H](C)[C@@H](O)CC[C@]4(C)[C@H]3CC[C@]12CO)C(C)C. The van der Waals surface area contributed by atoms with Crippen molar-refractivity contribution < 1.29 is 15.3 Å².